The molecule has 0 spiro atoms. The molecule has 156 valence electrons. The molecular formula is C24H26N2O3S. The molecule has 0 heterocycles. The number of benzene rings is 3. The molecule has 5 nitrogen and oxygen atoms in total. The topological polar surface area (TPSA) is 67.4 Å². The van der Waals surface area contributed by atoms with E-state index in [1.54, 1.807) is 7.11 Å². The van der Waals surface area contributed by atoms with Crippen molar-refractivity contribution in [3.8, 4) is 5.75 Å². The van der Waals surface area contributed by atoms with Gasteiger partial charge in [0.05, 0.1) is 13.2 Å². The van der Waals surface area contributed by atoms with Crippen molar-refractivity contribution >= 4 is 16.8 Å². The largest absolute Gasteiger partial charge is 0.497 e. The Labute approximate surface area is 179 Å². The van der Waals surface area contributed by atoms with E-state index in [4.69, 9.17) is 4.74 Å². The molecule has 2 N–H and O–H groups in total. The van der Waals surface area contributed by atoms with Crippen LogP contribution in [0.25, 0.3) is 0 Å². The fourth-order valence-electron chi connectivity index (χ4n) is 3.09. The molecule has 3 aromatic rings. The van der Waals surface area contributed by atoms with Crippen LogP contribution in [0.5, 0.6) is 5.75 Å². The van der Waals surface area contributed by atoms with E-state index in [0.29, 0.717) is 18.1 Å². The summed E-state index contributed by atoms with van der Waals surface area (Å²) in [4.78, 5) is 12.5. The number of hydrogen-bond donors (Lipinski definition) is 2. The van der Waals surface area contributed by atoms with Gasteiger partial charge in [-0.1, -0.05) is 72.8 Å². The highest BCUT2D eigenvalue weighted by molar-refractivity contribution is 7.84. The maximum atomic E-state index is 12.5. The van der Waals surface area contributed by atoms with Gasteiger partial charge >= 0.3 is 6.03 Å². The molecule has 3 aromatic carbocycles. The van der Waals surface area contributed by atoms with Gasteiger partial charge in [0, 0.05) is 28.9 Å². The molecule has 6 heteroatoms. The van der Waals surface area contributed by atoms with Crippen molar-refractivity contribution in [2.75, 3.05) is 19.4 Å². The molecule has 2 atom stereocenters. The first-order chi connectivity index (χ1) is 14.7. The van der Waals surface area contributed by atoms with Crippen LogP contribution in [-0.4, -0.2) is 29.6 Å². The van der Waals surface area contributed by atoms with Crippen LogP contribution >= 0.6 is 0 Å². The monoisotopic (exact) mass is 422 g/mol. The fraction of sp³-hybridized carbons (Fsp3) is 0.208. The Morgan fingerprint density at radius 1 is 0.900 bits per heavy atom. The van der Waals surface area contributed by atoms with Crippen LogP contribution in [0.4, 0.5) is 4.79 Å². The molecule has 30 heavy (non-hydrogen) atoms. The van der Waals surface area contributed by atoms with Crippen LogP contribution in [0, 0.1) is 0 Å². The molecule has 0 saturated heterocycles. The molecular weight excluding hydrogens is 396 g/mol. The van der Waals surface area contributed by atoms with Gasteiger partial charge in [0.1, 0.15) is 5.75 Å². The van der Waals surface area contributed by atoms with Crippen LogP contribution in [0.3, 0.4) is 0 Å². The zero-order valence-electron chi connectivity index (χ0n) is 16.9. The third kappa shape index (κ3) is 6.46. The van der Waals surface area contributed by atoms with Gasteiger partial charge < -0.3 is 15.4 Å². The maximum Gasteiger partial charge on any atom is 0.315 e. The Morgan fingerprint density at radius 2 is 1.50 bits per heavy atom. The normalized spacial score (nSPS) is 12.6. The molecule has 0 bridgehead atoms. The van der Waals surface area contributed by atoms with E-state index >= 15 is 0 Å². The van der Waals surface area contributed by atoms with Gasteiger partial charge in [0.15, 0.2) is 0 Å². The predicted molar refractivity (Wildman–Crippen MR) is 121 cm³/mol. The second kappa shape index (κ2) is 11.2. The Morgan fingerprint density at radius 3 is 2.13 bits per heavy atom. The minimum absolute atomic E-state index is 0.295. The lowest BCUT2D eigenvalue weighted by Gasteiger charge is -2.20. The van der Waals surface area contributed by atoms with E-state index < -0.39 is 10.8 Å². The van der Waals surface area contributed by atoms with Gasteiger partial charge in [-0.05, 0) is 28.8 Å². The van der Waals surface area contributed by atoms with Crippen LogP contribution in [0.2, 0.25) is 0 Å². The van der Waals surface area contributed by atoms with Gasteiger partial charge in [0.25, 0.3) is 0 Å². The second-order valence-corrected chi connectivity index (χ2v) is 8.37. The highest BCUT2D eigenvalue weighted by atomic mass is 32.2. The van der Waals surface area contributed by atoms with Crippen LogP contribution in [-0.2, 0) is 16.6 Å². The van der Waals surface area contributed by atoms with E-state index in [1.807, 2.05) is 84.9 Å². The molecule has 3 rings (SSSR count). The number of nitrogens with one attached hydrogen (secondary N) is 2. The minimum Gasteiger partial charge on any atom is -0.497 e. The van der Waals surface area contributed by atoms with Crippen LogP contribution in [0.15, 0.2) is 84.9 Å². The summed E-state index contributed by atoms with van der Waals surface area (Å²) in [7, 11) is 0.590. The number of rotatable bonds is 9. The highest BCUT2D eigenvalue weighted by Gasteiger charge is 2.17. The number of hydrogen-bond acceptors (Lipinski definition) is 3. The van der Waals surface area contributed by atoms with Gasteiger partial charge in [-0.3, -0.25) is 4.21 Å². The van der Waals surface area contributed by atoms with Gasteiger partial charge in [-0.25, -0.2) is 4.79 Å². The van der Waals surface area contributed by atoms with Crippen molar-refractivity contribution in [1.29, 1.82) is 0 Å². The molecule has 0 radical (unpaired) electrons. The van der Waals surface area contributed by atoms with E-state index in [0.717, 1.165) is 22.4 Å². The van der Waals surface area contributed by atoms with Crippen molar-refractivity contribution in [3.63, 3.8) is 0 Å². The Hall–Kier alpha value is -3.12. The first-order valence-electron chi connectivity index (χ1n) is 9.78. The summed E-state index contributed by atoms with van der Waals surface area (Å²) >= 11 is 0. The summed E-state index contributed by atoms with van der Waals surface area (Å²) in [6.07, 6.45) is 0. The average Bonchev–Trinajstić information content (AvgIpc) is 2.79. The summed E-state index contributed by atoms with van der Waals surface area (Å²) < 4.78 is 17.5. The lowest BCUT2D eigenvalue weighted by atomic mass is 9.99. The number of urea groups is 1. The van der Waals surface area contributed by atoms with Crippen molar-refractivity contribution < 1.29 is 13.7 Å². The van der Waals surface area contributed by atoms with Gasteiger partial charge in [-0.15, -0.1) is 0 Å². The summed E-state index contributed by atoms with van der Waals surface area (Å²) in [5.41, 5.74) is 2.96. The molecule has 0 aliphatic rings. The third-order valence-corrected chi connectivity index (χ3v) is 5.96. The quantitative estimate of drug-likeness (QED) is 0.547. The SMILES string of the molecule is COc1ccc(C(NC(=O)NCCS(=O)Cc2ccccc2)c2ccccc2)cc1. The van der Waals surface area contributed by atoms with Crippen molar-refractivity contribution in [3.05, 3.63) is 102 Å². The zero-order chi connectivity index (χ0) is 21.2. The van der Waals surface area contributed by atoms with E-state index in [2.05, 4.69) is 10.6 Å². The highest BCUT2D eigenvalue weighted by Crippen LogP contribution is 2.24. The molecule has 0 fully saturated rings. The summed E-state index contributed by atoms with van der Waals surface area (Å²) in [5, 5.41) is 5.84. The first kappa shape index (κ1) is 21.6. The number of ether oxygens (including phenoxy) is 1. The Bertz CT molecular complexity index is 947. The molecule has 0 aliphatic carbocycles. The minimum atomic E-state index is -1.03. The average molecular weight is 423 g/mol. The molecule has 0 aliphatic heterocycles. The van der Waals surface area contributed by atoms with Crippen molar-refractivity contribution in [2.24, 2.45) is 0 Å². The standard InChI is InChI=1S/C24H26N2O3S/c1-29-22-14-12-21(13-15-22)23(20-10-6-3-7-11-20)26-24(27)25-16-17-30(28)18-19-8-4-2-5-9-19/h2-15,23H,16-18H2,1H3,(H2,25,26,27). The van der Waals surface area contributed by atoms with E-state index in [9.17, 15) is 9.00 Å². The van der Waals surface area contributed by atoms with Crippen molar-refractivity contribution in [2.45, 2.75) is 11.8 Å². The number of carbonyl (C=O) groups excluding carboxylic acids is 1. The molecule has 2 amide bonds. The lowest BCUT2D eigenvalue weighted by Crippen LogP contribution is -2.40. The summed E-state index contributed by atoms with van der Waals surface area (Å²) in [5.74, 6) is 1.65. The predicted octanol–water partition coefficient (Wildman–Crippen LogP) is 4.03. The Balaban J connectivity index is 1.57. The van der Waals surface area contributed by atoms with E-state index in [1.165, 1.54) is 0 Å². The number of amides is 2. The number of methoxy groups -OCH3 is 1. The maximum absolute atomic E-state index is 12.5. The molecule has 2 unspecified atom stereocenters. The molecule has 0 aromatic heterocycles. The van der Waals surface area contributed by atoms with E-state index in [-0.39, 0.29) is 12.1 Å². The smallest absolute Gasteiger partial charge is 0.315 e. The third-order valence-electron chi connectivity index (χ3n) is 4.64. The zero-order valence-corrected chi connectivity index (χ0v) is 17.7. The summed E-state index contributed by atoms with van der Waals surface area (Å²) in [6.45, 7) is 0.343. The lowest BCUT2D eigenvalue weighted by molar-refractivity contribution is 0.239. The summed E-state index contributed by atoms with van der Waals surface area (Å²) in [6, 6.07) is 26.5. The first-order valence-corrected chi connectivity index (χ1v) is 11.3. The van der Waals surface area contributed by atoms with Gasteiger partial charge in [-0.2, -0.15) is 0 Å². The second-order valence-electron chi connectivity index (χ2n) is 6.79. The van der Waals surface area contributed by atoms with Gasteiger partial charge in [0.2, 0.25) is 0 Å². The Kier molecular flexibility index (Phi) is 8.03. The van der Waals surface area contributed by atoms with Crippen LogP contribution < -0.4 is 15.4 Å². The van der Waals surface area contributed by atoms with Crippen molar-refractivity contribution in [1.82, 2.24) is 10.6 Å². The fourth-order valence-corrected chi connectivity index (χ4v) is 4.13. The molecule has 0 saturated carbocycles. The van der Waals surface area contributed by atoms with Crippen LogP contribution in [0.1, 0.15) is 22.7 Å². The number of carbonyl (C=O) groups is 1.